The van der Waals surface area contributed by atoms with Crippen molar-refractivity contribution in [1.82, 2.24) is 13.9 Å². The molecule has 0 radical (unpaired) electrons. The van der Waals surface area contributed by atoms with Crippen LogP contribution >= 0.6 is 0 Å². The number of sulfonamides is 1. The Kier molecular flexibility index (Phi) is 5.04. The van der Waals surface area contributed by atoms with Crippen molar-refractivity contribution < 1.29 is 13.2 Å². The highest BCUT2D eigenvalue weighted by Gasteiger charge is 2.20. The van der Waals surface area contributed by atoms with Gasteiger partial charge in [-0.1, -0.05) is 0 Å². The normalized spacial score (nSPS) is 11.7. The molecule has 1 rings (SSSR count). The average Bonchev–Trinajstić information content (AvgIpc) is 2.36. The summed E-state index contributed by atoms with van der Waals surface area (Å²) in [5, 5.41) is 0. The van der Waals surface area contributed by atoms with Gasteiger partial charge in [0, 0.05) is 40.6 Å². The van der Waals surface area contributed by atoms with E-state index < -0.39 is 26.2 Å². The summed E-state index contributed by atoms with van der Waals surface area (Å²) >= 11 is 0. The standard InChI is InChI=1S/C10H17N3O5S/c1-12-7-8(9(14)13(2)10(12)15)19(16,17)11-5-4-6-18-3/h7,11H,4-6H2,1-3H3. The summed E-state index contributed by atoms with van der Waals surface area (Å²) in [6.07, 6.45) is 1.51. The van der Waals surface area contributed by atoms with Crippen molar-refractivity contribution in [3.05, 3.63) is 27.0 Å². The highest BCUT2D eigenvalue weighted by Crippen LogP contribution is 1.99. The topological polar surface area (TPSA) is 99.4 Å². The highest BCUT2D eigenvalue weighted by atomic mass is 32.2. The van der Waals surface area contributed by atoms with E-state index in [1.807, 2.05) is 0 Å². The molecule has 108 valence electrons. The van der Waals surface area contributed by atoms with Crippen molar-refractivity contribution >= 4 is 10.0 Å². The molecule has 0 aliphatic carbocycles. The molecule has 1 N–H and O–H groups in total. The molecule has 0 saturated carbocycles. The van der Waals surface area contributed by atoms with Gasteiger partial charge in [-0.25, -0.2) is 17.9 Å². The van der Waals surface area contributed by atoms with Gasteiger partial charge < -0.3 is 9.30 Å². The van der Waals surface area contributed by atoms with Gasteiger partial charge in [0.05, 0.1) is 0 Å². The van der Waals surface area contributed by atoms with Gasteiger partial charge in [-0.2, -0.15) is 0 Å². The summed E-state index contributed by atoms with van der Waals surface area (Å²) in [6.45, 7) is 0.565. The van der Waals surface area contributed by atoms with Crippen molar-refractivity contribution in [2.45, 2.75) is 11.3 Å². The minimum atomic E-state index is -3.93. The Labute approximate surface area is 110 Å². The number of aromatic nitrogens is 2. The Bertz CT molecular complexity index is 659. The molecule has 9 heteroatoms. The minimum Gasteiger partial charge on any atom is -0.385 e. The fourth-order valence-corrected chi connectivity index (χ4v) is 2.69. The van der Waals surface area contributed by atoms with Crippen LogP contribution in [0.4, 0.5) is 0 Å². The van der Waals surface area contributed by atoms with E-state index in [0.29, 0.717) is 13.0 Å². The van der Waals surface area contributed by atoms with Gasteiger partial charge in [-0.15, -0.1) is 0 Å². The molecule has 0 saturated heterocycles. The van der Waals surface area contributed by atoms with Crippen LogP contribution in [0.2, 0.25) is 0 Å². The Hall–Kier alpha value is -1.45. The first-order valence-electron chi connectivity index (χ1n) is 5.56. The Morgan fingerprint density at radius 3 is 2.53 bits per heavy atom. The van der Waals surface area contributed by atoms with Crippen LogP contribution in [-0.2, 0) is 28.9 Å². The molecule has 19 heavy (non-hydrogen) atoms. The smallest absolute Gasteiger partial charge is 0.330 e. The maximum atomic E-state index is 12.0. The van der Waals surface area contributed by atoms with E-state index in [1.54, 1.807) is 0 Å². The van der Waals surface area contributed by atoms with Crippen LogP contribution in [0.15, 0.2) is 20.7 Å². The minimum absolute atomic E-state index is 0.155. The summed E-state index contributed by atoms with van der Waals surface area (Å²) < 4.78 is 32.8. The molecular formula is C10H17N3O5S. The van der Waals surface area contributed by atoms with E-state index in [2.05, 4.69) is 4.72 Å². The molecule has 0 bridgehead atoms. The number of aryl methyl sites for hydroxylation is 1. The summed E-state index contributed by atoms with van der Waals surface area (Å²) in [7, 11) is 0.191. The maximum Gasteiger partial charge on any atom is 0.330 e. The largest absolute Gasteiger partial charge is 0.385 e. The van der Waals surface area contributed by atoms with Crippen molar-refractivity contribution in [2.24, 2.45) is 14.1 Å². The number of hydrogen-bond acceptors (Lipinski definition) is 5. The van der Waals surface area contributed by atoms with Gasteiger partial charge in [0.15, 0.2) is 4.90 Å². The quantitative estimate of drug-likeness (QED) is 0.636. The number of nitrogens with zero attached hydrogens (tertiary/aromatic N) is 2. The van der Waals surface area contributed by atoms with Gasteiger partial charge in [0.1, 0.15) is 0 Å². The van der Waals surface area contributed by atoms with E-state index in [-0.39, 0.29) is 6.54 Å². The van der Waals surface area contributed by atoms with Crippen molar-refractivity contribution in [3.8, 4) is 0 Å². The van der Waals surface area contributed by atoms with Crippen LogP contribution in [-0.4, -0.2) is 37.8 Å². The van der Waals surface area contributed by atoms with Crippen LogP contribution in [0.1, 0.15) is 6.42 Å². The second-order valence-electron chi connectivity index (χ2n) is 4.00. The lowest BCUT2D eigenvalue weighted by atomic mass is 10.5. The molecule has 8 nitrogen and oxygen atoms in total. The third kappa shape index (κ3) is 3.52. The van der Waals surface area contributed by atoms with E-state index >= 15 is 0 Å². The Morgan fingerprint density at radius 2 is 1.95 bits per heavy atom. The van der Waals surface area contributed by atoms with Crippen molar-refractivity contribution in [3.63, 3.8) is 0 Å². The predicted molar refractivity (Wildman–Crippen MR) is 68.6 cm³/mol. The van der Waals surface area contributed by atoms with Crippen LogP contribution in [0.25, 0.3) is 0 Å². The third-order valence-corrected chi connectivity index (χ3v) is 3.97. The van der Waals surface area contributed by atoms with Crippen molar-refractivity contribution in [2.75, 3.05) is 20.3 Å². The number of ether oxygens (including phenoxy) is 1. The van der Waals surface area contributed by atoms with Crippen molar-refractivity contribution in [1.29, 1.82) is 0 Å². The second kappa shape index (κ2) is 6.13. The van der Waals surface area contributed by atoms with Crippen LogP contribution in [0, 0.1) is 0 Å². The summed E-state index contributed by atoms with van der Waals surface area (Å²) in [4.78, 5) is 22.8. The number of nitrogens with one attached hydrogen (secondary N) is 1. The fraction of sp³-hybridized carbons (Fsp3) is 0.600. The lowest BCUT2D eigenvalue weighted by molar-refractivity contribution is 0.196. The fourth-order valence-electron chi connectivity index (χ4n) is 1.46. The number of methoxy groups -OCH3 is 1. The zero-order chi connectivity index (χ0) is 14.6. The lowest BCUT2D eigenvalue weighted by Gasteiger charge is -2.08. The predicted octanol–water partition coefficient (Wildman–Crippen LogP) is -1.60. The van der Waals surface area contributed by atoms with E-state index in [4.69, 9.17) is 4.74 Å². The average molecular weight is 291 g/mol. The summed E-state index contributed by atoms with van der Waals surface area (Å²) in [5.41, 5.74) is -1.43. The Morgan fingerprint density at radius 1 is 1.32 bits per heavy atom. The number of rotatable bonds is 6. The van der Waals surface area contributed by atoms with Crippen LogP contribution in [0.3, 0.4) is 0 Å². The molecule has 0 amide bonds. The molecule has 0 aliphatic heterocycles. The molecule has 1 heterocycles. The third-order valence-electron chi connectivity index (χ3n) is 2.52. The van der Waals surface area contributed by atoms with Gasteiger partial charge in [-0.3, -0.25) is 9.36 Å². The van der Waals surface area contributed by atoms with Crippen LogP contribution in [0.5, 0.6) is 0 Å². The molecule has 0 atom stereocenters. The zero-order valence-electron chi connectivity index (χ0n) is 11.0. The molecular weight excluding hydrogens is 274 g/mol. The number of hydrogen-bond donors (Lipinski definition) is 1. The first kappa shape index (κ1) is 15.6. The molecule has 1 aromatic heterocycles. The monoisotopic (exact) mass is 291 g/mol. The lowest BCUT2D eigenvalue weighted by Crippen LogP contribution is -2.41. The molecule has 0 aromatic carbocycles. The first-order chi connectivity index (χ1) is 8.81. The summed E-state index contributed by atoms with van der Waals surface area (Å²) in [5.74, 6) is 0. The molecule has 0 unspecified atom stereocenters. The Balaban J connectivity index is 3.09. The molecule has 0 aliphatic rings. The van der Waals surface area contributed by atoms with E-state index in [1.165, 1.54) is 21.2 Å². The second-order valence-corrected chi connectivity index (χ2v) is 5.73. The first-order valence-corrected chi connectivity index (χ1v) is 7.05. The van der Waals surface area contributed by atoms with Gasteiger partial charge in [-0.05, 0) is 6.42 Å². The van der Waals surface area contributed by atoms with E-state index in [0.717, 1.165) is 15.3 Å². The van der Waals surface area contributed by atoms with Gasteiger partial charge >= 0.3 is 5.69 Å². The SMILES string of the molecule is COCCCNS(=O)(=O)c1cn(C)c(=O)n(C)c1=O. The maximum absolute atomic E-state index is 12.0. The molecule has 1 aromatic rings. The van der Waals surface area contributed by atoms with Crippen LogP contribution < -0.4 is 16.0 Å². The van der Waals surface area contributed by atoms with E-state index in [9.17, 15) is 18.0 Å². The molecule has 0 fully saturated rings. The van der Waals surface area contributed by atoms with Gasteiger partial charge in [0.2, 0.25) is 10.0 Å². The highest BCUT2D eigenvalue weighted by molar-refractivity contribution is 7.89. The summed E-state index contributed by atoms with van der Waals surface area (Å²) in [6, 6.07) is 0. The molecule has 0 spiro atoms. The van der Waals surface area contributed by atoms with Gasteiger partial charge in [0.25, 0.3) is 5.56 Å². The zero-order valence-corrected chi connectivity index (χ0v) is 11.9.